The monoisotopic (exact) mass is 231 g/mol. The molecule has 88 valence electrons. The third-order valence-electron chi connectivity index (χ3n) is 2.90. The highest BCUT2D eigenvalue weighted by atomic mass is 32.2. The number of carboxylic acid groups (broad SMARTS) is 1. The summed E-state index contributed by atoms with van der Waals surface area (Å²) in [7, 11) is 0. The lowest BCUT2D eigenvalue weighted by molar-refractivity contribution is -0.145. The van der Waals surface area contributed by atoms with Crippen molar-refractivity contribution in [3.8, 4) is 0 Å². The maximum absolute atomic E-state index is 11.2. The number of carbonyl (C=O) groups is 1. The lowest BCUT2D eigenvalue weighted by Gasteiger charge is -2.37. The Kier molecular flexibility index (Phi) is 4.93. The third-order valence-corrected chi connectivity index (χ3v) is 4.28. The summed E-state index contributed by atoms with van der Waals surface area (Å²) in [6.07, 6.45) is 1.13. The highest BCUT2D eigenvalue weighted by Crippen LogP contribution is 2.24. The predicted molar refractivity (Wildman–Crippen MR) is 64.4 cm³/mol. The molecule has 1 aliphatic heterocycles. The summed E-state index contributed by atoms with van der Waals surface area (Å²) in [5.41, 5.74) is 0. The first kappa shape index (κ1) is 12.8. The van der Waals surface area contributed by atoms with Gasteiger partial charge in [0.05, 0.1) is 0 Å². The molecule has 2 atom stereocenters. The van der Waals surface area contributed by atoms with Crippen LogP contribution in [0, 0.1) is 5.92 Å². The Labute approximate surface area is 96.2 Å². The molecule has 0 bridgehead atoms. The molecular weight excluding hydrogens is 210 g/mol. The van der Waals surface area contributed by atoms with Crippen molar-refractivity contribution in [2.45, 2.75) is 38.5 Å². The van der Waals surface area contributed by atoms with Crippen molar-refractivity contribution < 1.29 is 9.90 Å². The van der Waals surface area contributed by atoms with Gasteiger partial charge in [0.1, 0.15) is 6.04 Å². The van der Waals surface area contributed by atoms with Crippen molar-refractivity contribution in [2.24, 2.45) is 5.92 Å². The van der Waals surface area contributed by atoms with Crippen LogP contribution < -0.4 is 0 Å². The largest absolute Gasteiger partial charge is 0.480 e. The molecule has 15 heavy (non-hydrogen) atoms. The molecule has 1 saturated heterocycles. The minimum Gasteiger partial charge on any atom is -0.480 e. The van der Waals surface area contributed by atoms with Crippen molar-refractivity contribution in [2.75, 3.05) is 18.8 Å². The van der Waals surface area contributed by atoms with Gasteiger partial charge in [0.25, 0.3) is 0 Å². The average Bonchev–Trinajstić information content (AvgIpc) is 2.17. The van der Waals surface area contributed by atoms with Gasteiger partial charge in [-0.15, -0.1) is 0 Å². The number of thioether (sulfide) groups is 1. The first-order chi connectivity index (χ1) is 7.06. The first-order valence-corrected chi connectivity index (χ1v) is 6.69. The zero-order chi connectivity index (χ0) is 11.4. The van der Waals surface area contributed by atoms with E-state index in [-0.39, 0.29) is 12.0 Å². The lowest BCUT2D eigenvalue weighted by atomic mass is 10.0. The minimum atomic E-state index is -0.674. The highest BCUT2D eigenvalue weighted by Gasteiger charge is 2.32. The molecule has 0 aliphatic carbocycles. The normalized spacial score (nSPS) is 25.5. The Hall–Kier alpha value is -0.220. The number of rotatable bonds is 4. The molecule has 0 aromatic carbocycles. The molecule has 0 amide bonds. The number of hydrogen-bond acceptors (Lipinski definition) is 3. The zero-order valence-corrected chi connectivity index (χ0v) is 10.6. The summed E-state index contributed by atoms with van der Waals surface area (Å²) in [6, 6.07) is -0.306. The summed E-state index contributed by atoms with van der Waals surface area (Å²) in [5.74, 6) is 0.574. The van der Waals surface area contributed by atoms with Gasteiger partial charge in [0.15, 0.2) is 0 Å². The molecule has 0 saturated carbocycles. The first-order valence-electron chi connectivity index (χ1n) is 5.64. The Bertz CT molecular complexity index is 221. The minimum absolute atomic E-state index is 0.183. The molecule has 3 nitrogen and oxygen atoms in total. The van der Waals surface area contributed by atoms with Crippen LogP contribution >= 0.6 is 11.8 Å². The van der Waals surface area contributed by atoms with Crippen LogP contribution in [0.3, 0.4) is 0 Å². The van der Waals surface area contributed by atoms with E-state index in [1.54, 1.807) is 0 Å². The van der Waals surface area contributed by atoms with Crippen molar-refractivity contribution in [3.05, 3.63) is 0 Å². The Balaban J connectivity index is 2.63. The van der Waals surface area contributed by atoms with E-state index >= 15 is 0 Å². The van der Waals surface area contributed by atoms with Crippen LogP contribution in [0.4, 0.5) is 0 Å². The van der Waals surface area contributed by atoms with Gasteiger partial charge >= 0.3 is 5.97 Å². The Morgan fingerprint density at radius 1 is 1.60 bits per heavy atom. The Morgan fingerprint density at radius 2 is 2.27 bits per heavy atom. The maximum Gasteiger partial charge on any atom is 0.321 e. The van der Waals surface area contributed by atoms with Crippen LogP contribution in [0.25, 0.3) is 0 Å². The van der Waals surface area contributed by atoms with Crippen LogP contribution in [0.2, 0.25) is 0 Å². The van der Waals surface area contributed by atoms with Crippen LogP contribution in [-0.4, -0.2) is 46.1 Å². The van der Waals surface area contributed by atoms with Crippen molar-refractivity contribution >= 4 is 17.7 Å². The van der Waals surface area contributed by atoms with Gasteiger partial charge in [-0.1, -0.05) is 20.8 Å². The fourth-order valence-electron chi connectivity index (χ4n) is 2.10. The van der Waals surface area contributed by atoms with E-state index in [9.17, 15) is 9.90 Å². The molecule has 1 heterocycles. The van der Waals surface area contributed by atoms with Crippen LogP contribution in [0.1, 0.15) is 27.2 Å². The topological polar surface area (TPSA) is 40.5 Å². The van der Waals surface area contributed by atoms with Gasteiger partial charge in [0.2, 0.25) is 0 Å². The summed E-state index contributed by atoms with van der Waals surface area (Å²) in [6.45, 7) is 7.99. The van der Waals surface area contributed by atoms with E-state index < -0.39 is 5.97 Å². The summed E-state index contributed by atoms with van der Waals surface area (Å²) in [5, 5.41) is 9.82. The lowest BCUT2D eigenvalue weighted by Crippen LogP contribution is -2.50. The standard InChI is InChI=1S/C11H21NO2S/c1-4-9-7-12(5-6-15-9)10(8(2)3)11(13)14/h8-10H,4-7H2,1-3H3,(H,13,14). The van der Waals surface area contributed by atoms with Crippen LogP contribution in [0.5, 0.6) is 0 Å². The summed E-state index contributed by atoms with van der Waals surface area (Å²) >= 11 is 1.97. The van der Waals surface area contributed by atoms with Gasteiger partial charge in [0, 0.05) is 24.1 Å². The smallest absolute Gasteiger partial charge is 0.321 e. The molecular formula is C11H21NO2S. The van der Waals surface area contributed by atoms with Gasteiger partial charge in [-0.3, -0.25) is 9.69 Å². The summed E-state index contributed by atoms with van der Waals surface area (Å²) in [4.78, 5) is 13.3. The number of aliphatic carboxylic acids is 1. The molecule has 0 aromatic heterocycles. The zero-order valence-electron chi connectivity index (χ0n) is 9.77. The average molecular weight is 231 g/mol. The van der Waals surface area contributed by atoms with Crippen molar-refractivity contribution in [3.63, 3.8) is 0 Å². The molecule has 0 aromatic rings. The third kappa shape index (κ3) is 3.38. The fourth-order valence-corrected chi connectivity index (χ4v) is 3.31. The summed E-state index contributed by atoms with van der Waals surface area (Å²) < 4.78 is 0. The van der Waals surface area contributed by atoms with Gasteiger partial charge in [-0.05, 0) is 12.3 Å². The number of nitrogens with zero attached hydrogens (tertiary/aromatic N) is 1. The molecule has 2 unspecified atom stereocenters. The van der Waals surface area contributed by atoms with E-state index in [1.165, 1.54) is 0 Å². The van der Waals surface area contributed by atoms with E-state index in [2.05, 4.69) is 11.8 Å². The molecule has 1 N–H and O–H groups in total. The quantitative estimate of drug-likeness (QED) is 0.802. The molecule has 1 rings (SSSR count). The predicted octanol–water partition coefficient (Wildman–Crippen LogP) is 1.92. The molecule has 1 fully saturated rings. The van der Waals surface area contributed by atoms with E-state index in [0.717, 1.165) is 25.3 Å². The highest BCUT2D eigenvalue weighted by molar-refractivity contribution is 8.00. The second kappa shape index (κ2) is 5.75. The SMILES string of the molecule is CCC1CN(C(C(=O)O)C(C)C)CCS1. The van der Waals surface area contributed by atoms with Crippen molar-refractivity contribution in [1.82, 2.24) is 4.90 Å². The number of carboxylic acids is 1. The van der Waals surface area contributed by atoms with E-state index in [1.807, 2.05) is 25.6 Å². The molecule has 0 spiro atoms. The van der Waals surface area contributed by atoms with Crippen LogP contribution in [-0.2, 0) is 4.79 Å². The van der Waals surface area contributed by atoms with Gasteiger partial charge < -0.3 is 5.11 Å². The number of hydrogen-bond donors (Lipinski definition) is 1. The molecule has 0 radical (unpaired) electrons. The van der Waals surface area contributed by atoms with Crippen molar-refractivity contribution in [1.29, 1.82) is 0 Å². The van der Waals surface area contributed by atoms with Gasteiger partial charge in [-0.25, -0.2) is 0 Å². The second-order valence-corrected chi connectivity index (χ2v) is 5.83. The van der Waals surface area contributed by atoms with E-state index in [0.29, 0.717) is 5.25 Å². The Morgan fingerprint density at radius 3 is 2.73 bits per heavy atom. The molecule has 4 heteroatoms. The van der Waals surface area contributed by atoms with E-state index in [4.69, 9.17) is 0 Å². The second-order valence-electron chi connectivity index (χ2n) is 4.42. The van der Waals surface area contributed by atoms with Gasteiger partial charge in [-0.2, -0.15) is 11.8 Å². The fraction of sp³-hybridized carbons (Fsp3) is 0.909. The van der Waals surface area contributed by atoms with Crippen LogP contribution in [0.15, 0.2) is 0 Å². The molecule has 1 aliphatic rings. The maximum atomic E-state index is 11.2.